The summed E-state index contributed by atoms with van der Waals surface area (Å²) in [6.07, 6.45) is 4.07. The lowest BCUT2D eigenvalue weighted by molar-refractivity contribution is -0.127. The Hall–Kier alpha value is -1.89. The second-order valence-electron chi connectivity index (χ2n) is 5.94. The summed E-state index contributed by atoms with van der Waals surface area (Å²) in [4.78, 5) is 32.8. The number of aromatic nitrogens is 2. The zero-order chi connectivity index (χ0) is 16.1. The summed E-state index contributed by atoms with van der Waals surface area (Å²) >= 11 is 0. The largest absolute Gasteiger partial charge is 0.369 e. The van der Waals surface area contributed by atoms with Gasteiger partial charge in [0.1, 0.15) is 5.82 Å². The summed E-state index contributed by atoms with van der Waals surface area (Å²) in [6.45, 7) is 5.71. The molecule has 22 heavy (non-hydrogen) atoms. The van der Waals surface area contributed by atoms with E-state index in [9.17, 15) is 9.59 Å². The molecule has 0 saturated carbocycles. The molecule has 2 rings (SSSR count). The van der Waals surface area contributed by atoms with Gasteiger partial charge in [-0.25, -0.2) is 4.98 Å². The molecule has 1 aliphatic heterocycles. The number of H-pyrrole nitrogens is 1. The van der Waals surface area contributed by atoms with Crippen LogP contribution in [0.25, 0.3) is 0 Å². The van der Waals surface area contributed by atoms with Crippen LogP contribution in [0.1, 0.15) is 43.7 Å². The molecular formula is C15H25N5O2. The number of likely N-dealkylation sites (tertiary alicyclic amines) is 1. The normalized spacial score (nSPS) is 18.1. The van der Waals surface area contributed by atoms with Gasteiger partial charge in [0.15, 0.2) is 0 Å². The predicted molar refractivity (Wildman–Crippen MR) is 82.9 cm³/mol. The van der Waals surface area contributed by atoms with Crippen molar-refractivity contribution in [3.05, 3.63) is 17.7 Å². The number of hydrogen-bond acceptors (Lipinski definition) is 4. The maximum Gasteiger partial charge on any atom is 0.231 e. The molecule has 2 heterocycles. The van der Waals surface area contributed by atoms with Crippen molar-refractivity contribution >= 4 is 11.8 Å². The van der Waals surface area contributed by atoms with Crippen LogP contribution >= 0.6 is 0 Å². The number of rotatable bonds is 6. The monoisotopic (exact) mass is 307 g/mol. The minimum absolute atomic E-state index is 0.00534. The molecule has 122 valence electrons. The van der Waals surface area contributed by atoms with Crippen molar-refractivity contribution in [3.63, 3.8) is 0 Å². The zero-order valence-corrected chi connectivity index (χ0v) is 13.3. The van der Waals surface area contributed by atoms with E-state index in [1.54, 1.807) is 6.20 Å². The van der Waals surface area contributed by atoms with E-state index in [4.69, 9.17) is 5.73 Å². The van der Waals surface area contributed by atoms with Gasteiger partial charge in [0.05, 0.1) is 12.6 Å². The van der Waals surface area contributed by atoms with Crippen LogP contribution in [0.4, 0.5) is 0 Å². The van der Waals surface area contributed by atoms with Crippen LogP contribution in [0.3, 0.4) is 0 Å². The number of aromatic amines is 1. The van der Waals surface area contributed by atoms with Crippen molar-refractivity contribution in [2.24, 2.45) is 11.7 Å². The van der Waals surface area contributed by atoms with Crippen molar-refractivity contribution in [2.45, 2.75) is 39.2 Å². The summed E-state index contributed by atoms with van der Waals surface area (Å²) in [6, 6.07) is -0.0788. The molecular weight excluding hydrogens is 282 g/mol. The van der Waals surface area contributed by atoms with Gasteiger partial charge in [-0.2, -0.15) is 0 Å². The molecule has 1 saturated heterocycles. The molecule has 1 aromatic heterocycles. The number of piperidine rings is 1. The van der Waals surface area contributed by atoms with Crippen molar-refractivity contribution in [2.75, 3.05) is 19.6 Å². The molecule has 1 aromatic rings. The van der Waals surface area contributed by atoms with Gasteiger partial charge < -0.3 is 16.0 Å². The van der Waals surface area contributed by atoms with Gasteiger partial charge in [0.2, 0.25) is 11.8 Å². The van der Waals surface area contributed by atoms with Gasteiger partial charge in [-0.1, -0.05) is 6.92 Å². The molecule has 0 unspecified atom stereocenters. The third kappa shape index (κ3) is 4.30. The Balaban J connectivity index is 1.85. The van der Waals surface area contributed by atoms with Gasteiger partial charge in [-0.05, 0) is 39.3 Å². The van der Waals surface area contributed by atoms with Crippen LogP contribution in [-0.2, 0) is 9.59 Å². The maximum atomic E-state index is 12.4. The Morgan fingerprint density at radius 1 is 1.50 bits per heavy atom. The van der Waals surface area contributed by atoms with Crippen LogP contribution in [0.15, 0.2) is 6.20 Å². The second-order valence-corrected chi connectivity index (χ2v) is 5.94. The van der Waals surface area contributed by atoms with Gasteiger partial charge >= 0.3 is 0 Å². The molecule has 0 aliphatic carbocycles. The highest BCUT2D eigenvalue weighted by atomic mass is 16.2. The zero-order valence-electron chi connectivity index (χ0n) is 13.3. The molecule has 0 aromatic carbocycles. The number of nitrogens with one attached hydrogen (secondary N) is 2. The molecule has 0 spiro atoms. The topological polar surface area (TPSA) is 104 Å². The summed E-state index contributed by atoms with van der Waals surface area (Å²) in [5, 5.41) is 3.08. The third-order valence-electron chi connectivity index (χ3n) is 4.12. The highest BCUT2D eigenvalue weighted by Crippen LogP contribution is 2.20. The Morgan fingerprint density at radius 3 is 2.68 bits per heavy atom. The number of carbonyl (C=O) groups is 2. The Morgan fingerprint density at radius 2 is 2.18 bits per heavy atom. The Labute approximate surface area is 130 Å². The molecule has 2 amide bonds. The van der Waals surface area contributed by atoms with E-state index in [0.717, 1.165) is 43.9 Å². The molecule has 1 aliphatic rings. The number of imidazole rings is 1. The SMILES string of the molecule is CC[C@@H](NC(=O)C1CCN(CC(N)=O)CC1)c1ncc(C)[nH]1. The minimum Gasteiger partial charge on any atom is -0.369 e. The first kappa shape index (κ1) is 16.5. The number of primary amides is 1. The Bertz CT molecular complexity index is 520. The van der Waals surface area contributed by atoms with Crippen LogP contribution in [0.2, 0.25) is 0 Å². The molecule has 0 radical (unpaired) electrons. The van der Waals surface area contributed by atoms with E-state index in [2.05, 4.69) is 15.3 Å². The predicted octanol–water partition coefficient (Wildman–Crippen LogP) is 0.483. The lowest BCUT2D eigenvalue weighted by atomic mass is 9.95. The lowest BCUT2D eigenvalue weighted by Crippen LogP contribution is -2.44. The van der Waals surface area contributed by atoms with Crippen molar-refractivity contribution in [1.29, 1.82) is 0 Å². The number of amides is 2. The first-order valence-electron chi connectivity index (χ1n) is 7.82. The van der Waals surface area contributed by atoms with E-state index < -0.39 is 0 Å². The van der Waals surface area contributed by atoms with Crippen molar-refractivity contribution < 1.29 is 9.59 Å². The second kappa shape index (κ2) is 7.40. The van der Waals surface area contributed by atoms with Gasteiger partial charge in [-0.15, -0.1) is 0 Å². The molecule has 1 atom stereocenters. The maximum absolute atomic E-state index is 12.4. The average molecular weight is 307 g/mol. The molecule has 7 heteroatoms. The van der Waals surface area contributed by atoms with Crippen LogP contribution in [0, 0.1) is 12.8 Å². The first-order valence-corrected chi connectivity index (χ1v) is 7.82. The molecule has 7 nitrogen and oxygen atoms in total. The van der Waals surface area contributed by atoms with Crippen LogP contribution in [0.5, 0.6) is 0 Å². The van der Waals surface area contributed by atoms with E-state index in [1.165, 1.54) is 0 Å². The number of nitrogens with zero attached hydrogens (tertiary/aromatic N) is 2. The highest BCUT2D eigenvalue weighted by molar-refractivity contribution is 5.79. The quantitative estimate of drug-likeness (QED) is 0.711. The van der Waals surface area contributed by atoms with Gasteiger partial charge in [0, 0.05) is 17.8 Å². The highest BCUT2D eigenvalue weighted by Gasteiger charge is 2.27. The van der Waals surface area contributed by atoms with Crippen molar-refractivity contribution in [1.82, 2.24) is 20.2 Å². The average Bonchev–Trinajstić information content (AvgIpc) is 2.91. The summed E-state index contributed by atoms with van der Waals surface area (Å²) in [5.41, 5.74) is 6.19. The summed E-state index contributed by atoms with van der Waals surface area (Å²) in [5.74, 6) is 0.551. The fourth-order valence-corrected chi connectivity index (χ4v) is 2.84. The summed E-state index contributed by atoms with van der Waals surface area (Å²) < 4.78 is 0. The van der Waals surface area contributed by atoms with Crippen molar-refractivity contribution in [3.8, 4) is 0 Å². The third-order valence-corrected chi connectivity index (χ3v) is 4.12. The van der Waals surface area contributed by atoms with Crippen LogP contribution < -0.4 is 11.1 Å². The standard InChI is InChI=1S/C15H25N5O2/c1-3-12(14-17-8-10(2)18-14)19-15(22)11-4-6-20(7-5-11)9-13(16)21/h8,11-12H,3-7,9H2,1-2H3,(H2,16,21)(H,17,18)(H,19,22)/t12-/m1/s1. The van der Waals surface area contributed by atoms with E-state index in [0.29, 0.717) is 0 Å². The summed E-state index contributed by atoms with van der Waals surface area (Å²) in [7, 11) is 0. The van der Waals surface area contributed by atoms with E-state index in [1.807, 2.05) is 18.7 Å². The van der Waals surface area contributed by atoms with Gasteiger partial charge in [-0.3, -0.25) is 14.5 Å². The first-order chi connectivity index (χ1) is 10.5. The fraction of sp³-hybridized carbons (Fsp3) is 0.667. The van der Waals surface area contributed by atoms with Crippen LogP contribution in [-0.4, -0.2) is 46.3 Å². The number of hydrogen-bond donors (Lipinski definition) is 3. The number of nitrogens with two attached hydrogens (primary N) is 1. The number of aryl methyl sites for hydroxylation is 1. The number of carbonyl (C=O) groups excluding carboxylic acids is 2. The smallest absolute Gasteiger partial charge is 0.231 e. The lowest BCUT2D eigenvalue weighted by Gasteiger charge is -2.31. The minimum atomic E-state index is -0.317. The van der Waals surface area contributed by atoms with Gasteiger partial charge in [0.25, 0.3) is 0 Å². The van der Waals surface area contributed by atoms with E-state index >= 15 is 0 Å². The fourth-order valence-electron chi connectivity index (χ4n) is 2.84. The molecule has 1 fully saturated rings. The van der Waals surface area contributed by atoms with E-state index in [-0.39, 0.29) is 30.3 Å². The Kier molecular flexibility index (Phi) is 5.54. The molecule has 4 N–H and O–H groups in total. The molecule has 0 bridgehead atoms.